The first-order chi connectivity index (χ1) is 10.3. The van der Waals surface area contributed by atoms with Crippen molar-refractivity contribution in [3.8, 4) is 0 Å². The average molecular weight is 292 g/mol. The lowest BCUT2D eigenvalue weighted by atomic mass is 9.72. The van der Waals surface area contributed by atoms with Crippen molar-refractivity contribution in [1.29, 1.82) is 0 Å². The number of hydrogen-bond donors (Lipinski definition) is 1. The summed E-state index contributed by atoms with van der Waals surface area (Å²) in [6.07, 6.45) is 11.0. The monoisotopic (exact) mass is 292 g/mol. The fourth-order valence-corrected chi connectivity index (χ4v) is 4.41. The molecule has 3 rings (SSSR count). The minimum atomic E-state index is -0.0523. The van der Waals surface area contributed by atoms with E-state index in [0.29, 0.717) is 12.3 Å². The second kappa shape index (κ2) is 6.80. The van der Waals surface area contributed by atoms with Gasteiger partial charge < -0.3 is 10.2 Å². The van der Waals surface area contributed by atoms with Crippen molar-refractivity contribution in [2.75, 3.05) is 13.1 Å². The molecule has 0 radical (unpaired) electrons. The number of amides is 2. The molecule has 3 fully saturated rings. The second-order valence-electron chi connectivity index (χ2n) is 7.03. The van der Waals surface area contributed by atoms with Gasteiger partial charge in [0.2, 0.25) is 11.8 Å². The van der Waals surface area contributed by atoms with E-state index >= 15 is 0 Å². The van der Waals surface area contributed by atoms with Gasteiger partial charge in [-0.3, -0.25) is 9.59 Å². The highest BCUT2D eigenvalue weighted by atomic mass is 16.2. The zero-order valence-corrected chi connectivity index (χ0v) is 13.0. The maximum absolute atomic E-state index is 13.0. The standard InChI is InChI=1S/C17H28N2O2/c20-16-12-14(13-8-4-5-9-15(13)18-16)17(21)19-10-6-2-1-3-7-11-19/h13-15H,1-12H2,(H,18,20). The summed E-state index contributed by atoms with van der Waals surface area (Å²) in [6, 6.07) is 0.253. The molecule has 2 saturated heterocycles. The third-order valence-corrected chi connectivity index (χ3v) is 5.57. The highest BCUT2D eigenvalue weighted by Crippen LogP contribution is 2.36. The van der Waals surface area contributed by atoms with Crippen molar-refractivity contribution in [2.45, 2.75) is 70.3 Å². The van der Waals surface area contributed by atoms with Crippen LogP contribution >= 0.6 is 0 Å². The van der Waals surface area contributed by atoms with Crippen LogP contribution in [0.5, 0.6) is 0 Å². The Bertz CT molecular complexity index is 388. The van der Waals surface area contributed by atoms with Crippen molar-refractivity contribution in [2.24, 2.45) is 11.8 Å². The smallest absolute Gasteiger partial charge is 0.226 e. The van der Waals surface area contributed by atoms with Crippen LogP contribution < -0.4 is 5.32 Å². The number of carbonyl (C=O) groups is 2. The molecule has 0 aromatic rings. The molecule has 0 spiro atoms. The molecule has 3 unspecified atom stereocenters. The van der Waals surface area contributed by atoms with Crippen LogP contribution in [-0.4, -0.2) is 35.8 Å². The molecule has 0 bridgehead atoms. The third-order valence-electron chi connectivity index (χ3n) is 5.57. The van der Waals surface area contributed by atoms with Crippen LogP contribution in [0.3, 0.4) is 0 Å². The van der Waals surface area contributed by atoms with E-state index in [0.717, 1.165) is 38.8 Å². The van der Waals surface area contributed by atoms with Crippen LogP contribution in [-0.2, 0) is 9.59 Å². The molecule has 1 saturated carbocycles. The predicted molar refractivity (Wildman–Crippen MR) is 81.7 cm³/mol. The van der Waals surface area contributed by atoms with E-state index in [-0.39, 0.29) is 23.8 Å². The Kier molecular flexibility index (Phi) is 4.81. The summed E-state index contributed by atoms with van der Waals surface area (Å²) in [5, 5.41) is 3.12. The Balaban J connectivity index is 1.69. The summed E-state index contributed by atoms with van der Waals surface area (Å²) in [5.74, 6) is 0.685. The number of fused-ring (bicyclic) bond motifs is 1. The van der Waals surface area contributed by atoms with Crippen LogP contribution in [0.25, 0.3) is 0 Å². The van der Waals surface area contributed by atoms with Gasteiger partial charge in [-0.05, 0) is 31.6 Å². The zero-order chi connectivity index (χ0) is 14.7. The number of rotatable bonds is 1. The molecule has 1 aliphatic carbocycles. The van der Waals surface area contributed by atoms with Crippen LogP contribution in [0.15, 0.2) is 0 Å². The van der Waals surface area contributed by atoms with Gasteiger partial charge in [0.05, 0.1) is 5.92 Å². The quantitative estimate of drug-likeness (QED) is 0.807. The Morgan fingerprint density at radius 1 is 0.952 bits per heavy atom. The maximum Gasteiger partial charge on any atom is 0.226 e. The lowest BCUT2D eigenvalue weighted by molar-refractivity contribution is -0.145. The third kappa shape index (κ3) is 3.41. The van der Waals surface area contributed by atoms with Crippen molar-refractivity contribution in [3.05, 3.63) is 0 Å². The minimum absolute atomic E-state index is 0.0523. The van der Waals surface area contributed by atoms with Gasteiger partial charge in [-0.15, -0.1) is 0 Å². The van der Waals surface area contributed by atoms with Crippen molar-refractivity contribution >= 4 is 11.8 Å². The molecule has 3 atom stereocenters. The molecule has 2 amide bonds. The number of likely N-dealkylation sites (tertiary alicyclic amines) is 1. The van der Waals surface area contributed by atoms with Crippen LogP contribution in [0.4, 0.5) is 0 Å². The fraction of sp³-hybridized carbons (Fsp3) is 0.882. The molecule has 3 aliphatic rings. The summed E-state index contributed by atoms with van der Waals surface area (Å²) >= 11 is 0. The van der Waals surface area contributed by atoms with E-state index in [9.17, 15) is 9.59 Å². The molecule has 118 valence electrons. The van der Waals surface area contributed by atoms with Gasteiger partial charge in [-0.25, -0.2) is 0 Å². The number of piperidine rings is 1. The normalized spacial score (nSPS) is 34.4. The molecule has 21 heavy (non-hydrogen) atoms. The molecule has 4 heteroatoms. The molecule has 1 N–H and O–H groups in total. The maximum atomic E-state index is 13.0. The second-order valence-corrected chi connectivity index (χ2v) is 7.03. The highest BCUT2D eigenvalue weighted by Gasteiger charge is 2.42. The van der Waals surface area contributed by atoms with Gasteiger partial charge in [0.25, 0.3) is 0 Å². The number of hydrogen-bond acceptors (Lipinski definition) is 2. The number of carbonyl (C=O) groups excluding carboxylic acids is 2. The number of nitrogens with zero attached hydrogens (tertiary/aromatic N) is 1. The predicted octanol–water partition coefficient (Wildman–Crippen LogP) is 2.47. The average Bonchev–Trinajstić information content (AvgIpc) is 2.45. The molecular formula is C17H28N2O2. The molecule has 0 aromatic carbocycles. The topological polar surface area (TPSA) is 49.4 Å². The molecule has 2 aliphatic heterocycles. The lowest BCUT2D eigenvalue weighted by Gasteiger charge is -2.42. The first-order valence-corrected chi connectivity index (χ1v) is 8.84. The van der Waals surface area contributed by atoms with E-state index in [1.54, 1.807) is 0 Å². The summed E-state index contributed by atoms with van der Waals surface area (Å²) in [7, 11) is 0. The van der Waals surface area contributed by atoms with Crippen LogP contribution in [0, 0.1) is 11.8 Å². The summed E-state index contributed by atoms with van der Waals surface area (Å²) in [5.41, 5.74) is 0. The van der Waals surface area contributed by atoms with Gasteiger partial charge in [0.15, 0.2) is 0 Å². The van der Waals surface area contributed by atoms with Crippen LogP contribution in [0.1, 0.15) is 64.2 Å². The SMILES string of the molecule is O=C1CC(C(=O)N2CCCCCCC2)C2CCCCC2N1. The summed E-state index contributed by atoms with van der Waals surface area (Å²) in [4.78, 5) is 27.0. The van der Waals surface area contributed by atoms with Gasteiger partial charge >= 0.3 is 0 Å². The Morgan fingerprint density at radius 3 is 2.38 bits per heavy atom. The van der Waals surface area contributed by atoms with E-state index in [2.05, 4.69) is 10.2 Å². The largest absolute Gasteiger partial charge is 0.353 e. The van der Waals surface area contributed by atoms with Gasteiger partial charge in [-0.2, -0.15) is 0 Å². The van der Waals surface area contributed by atoms with Crippen molar-refractivity contribution in [1.82, 2.24) is 10.2 Å². The van der Waals surface area contributed by atoms with Crippen LogP contribution in [0.2, 0.25) is 0 Å². The lowest BCUT2D eigenvalue weighted by Crippen LogP contribution is -2.55. The minimum Gasteiger partial charge on any atom is -0.353 e. The Morgan fingerprint density at radius 2 is 1.62 bits per heavy atom. The van der Waals surface area contributed by atoms with Crippen molar-refractivity contribution < 1.29 is 9.59 Å². The van der Waals surface area contributed by atoms with Gasteiger partial charge in [-0.1, -0.05) is 32.1 Å². The molecular weight excluding hydrogens is 264 g/mol. The molecule has 2 heterocycles. The first-order valence-electron chi connectivity index (χ1n) is 8.84. The van der Waals surface area contributed by atoms with E-state index in [1.165, 1.54) is 32.1 Å². The zero-order valence-electron chi connectivity index (χ0n) is 13.0. The van der Waals surface area contributed by atoms with Crippen molar-refractivity contribution in [3.63, 3.8) is 0 Å². The summed E-state index contributed by atoms with van der Waals surface area (Å²) in [6.45, 7) is 1.79. The Labute approximate surface area is 127 Å². The van der Waals surface area contributed by atoms with E-state index < -0.39 is 0 Å². The van der Waals surface area contributed by atoms with E-state index in [4.69, 9.17) is 0 Å². The highest BCUT2D eigenvalue weighted by molar-refractivity contribution is 5.87. The summed E-state index contributed by atoms with van der Waals surface area (Å²) < 4.78 is 0. The fourth-order valence-electron chi connectivity index (χ4n) is 4.41. The Hall–Kier alpha value is -1.06. The molecule has 0 aromatic heterocycles. The van der Waals surface area contributed by atoms with Gasteiger partial charge in [0, 0.05) is 25.6 Å². The van der Waals surface area contributed by atoms with Gasteiger partial charge in [0.1, 0.15) is 0 Å². The molecule has 4 nitrogen and oxygen atoms in total. The van der Waals surface area contributed by atoms with E-state index in [1.807, 2.05) is 0 Å². The first kappa shape index (κ1) is 14.9. The number of nitrogens with one attached hydrogen (secondary N) is 1.